The first-order chi connectivity index (χ1) is 8.69. The summed E-state index contributed by atoms with van der Waals surface area (Å²) in [6.45, 7) is 0. The molecule has 1 aromatic carbocycles. The summed E-state index contributed by atoms with van der Waals surface area (Å²) in [4.78, 5) is 8.05. The molecule has 5 heteroatoms. The van der Waals surface area contributed by atoms with Gasteiger partial charge in [0, 0.05) is 24.5 Å². The lowest BCUT2D eigenvalue weighted by atomic mass is 10.1. The van der Waals surface area contributed by atoms with E-state index < -0.39 is 0 Å². The molecule has 0 spiro atoms. The number of rotatable bonds is 3. The van der Waals surface area contributed by atoms with Crippen LogP contribution in [-0.2, 0) is 0 Å². The summed E-state index contributed by atoms with van der Waals surface area (Å²) in [5, 5.41) is 3.08. The van der Waals surface area contributed by atoms with Crippen LogP contribution < -0.4 is 16.8 Å². The summed E-state index contributed by atoms with van der Waals surface area (Å²) < 4.78 is 0. The van der Waals surface area contributed by atoms with Crippen molar-refractivity contribution >= 4 is 17.5 Å². The molecule has 1 heterocycles. The second-order valence-electron chi connectivity index (χ2n) is 3.77. The zero-order valence-electron chi connectivity index (χ0n) is 10.1. The van der Waals surface area contributed by atoms with E-state index in [9.17, 15) is 0 Å². The molecule has 0 bridgehead atoms. The maximum absolute atomic E-state index is 5.29. The maximum Gasteiger partial charge on any atom is 0.192 e. The number of hydrogen-bond donors (Lipinski definition) is 3. The minimum atomic E-state index is 0.00798. The van der Waals surface area contributed by atoms with Crippen molar-refractivity contribution in [1.29, 1.82) is 0 Å². The van der Waals surface area contributed by atoms with Gasteiger partial charge in [0.15, 0.2) is 11.8 Å². The third-order valence-corrected chi connectivity index (χ3v) is 2.50. The molecule has 0 radical (unpaired) electrons. The lowest BCUT2D eigenvalue weighted by Gasteiger charge is -2.04. The number of benzene rings is 1. The van der Waals surface area contributed by atoms with Crippen molar-refractivity contribution in [1.82, 2.24) is 4.98 Å². The van der Waals surface area contributed by atoms with E-state index in [0.29, 0.717) is 5.82 Å². The van der Waals surface area contributed by atoms with E-state index in [1.165, 1.54) is 0 Å². The number of nitrogens with zero attached hydrogens (tertiary/aromatic N) is 2. The first-order valence-electron chi connectivity index (χ1n) is 5.53. The summed E-state index contributed by atoms with van der Waals surface area (Å²) in [5.74, 6) is 0.513. The van der Waals surface area contributed by atoms with Gasteiger partial charge in [-0.1, -0.05) is 12.1 Å². The van der Waals surface area contributed by atoms with Gasteiger partial charge in [-0.25, -0.2) is 4.98 Å². The van der Waals surface area contributed by atoms with Crippen molar-refractivity contribution in [2.24, 2.45) is 16.5 Å². The largest absolute Gasteiger partial charge is 0.388 e. The minimum Gasteiger partial charge on any atom is -0.388 e. The maximum atomic E-state index is 5.29. The van der Waals surface area contributed by atoms with Crippen LogP contribution in [0.15, 0.2) is 47.6 Å². The molecular formula is C13H15N5. The van der Waals surface area contributed by atoms with Crippen LogP contribution in [0.1, 0.15) is 0 Å². The molecule has 92 valence electrons. The van der Waals surface area contributed by atoms with Gasteiger partial charge in [-0.15, -0.1) is 0 Å². The van der Waals surface area contributed by atoms with Crippen molar-refractivity contribution in [3.8, 4) is 11.1 Å². The minimum absolute atomic E-state index is 0.00798. The van der Waals surface area contributed by atoms with Crippen molar-refractivity contribution in [2.75, 3.05) is 12.4 Å². The fourth-order valence-corrected chi connectivity index (χ4v) is 1.58. The number of anilines is 1. The number of aromatic nitrogens is 1. The Morgan fingerprint density at radius 3 is 2.22 bits per heavy atom. The number of nitrogens with one attached hydrogen (secondary N) is 1. The molecule has 18 heavy (non-hydrogen) atoms. The molecule has 5 N–H and O–H groups in total. The van der Waals surface area contributed by atoms with Gasteiger partial charge in [-0.2, -0.15) is 4.99 Å². The van der Waals surface area contributed by atoms with E-state index in [0.717, 1.165) is 16.8 Å². The normalized spacial score (nSPS) is 9.83. The molecule has 2 aromatic rings. The van der Waals surface area contributed by atoms with Gasteiger partial charge in [0.25, 0.3) is 0 Å². The number of aliphatic imine (C=N–C) groups is 1. The highest BCUT2D eigenvalue weighted by atomic mass is 15.0. The summed E-state index contributed by atoms with van der Waals surface area (Å²) in [6, 6.07) is 11.8. The first kappa shape index (κ1) is 11.9. The van der Waals surface area contributed by atoms with Crippen molar-refractivity contribution in [3.05, 3.63) is 42.6 Å². The molecule has 0 aliphatic rings. The van der Waals surface area contributed by atoms with Crippen molar-refractivity contribution < 1.29 is 0 Å². The van der Waals surface area contributed by atoms with Crippen molar-refractivity contribution in [3.63, 3.8) is 0 Å². The van der Waals surface area contributed by atoms with E-state index in [2.05, 4.69) is 15.3 Å². The van der Waals surface area contributed by atoms with E-state index >= 15 is 0 Å². The lowest BCUT2D eigenvalue weighted by molar-refractivity contribution is 1.26. The van der Waals surface area contributed by atoms with E-state index in [1.807, 2.05) is 37.4 Å². The highest BCUT2D eigenvalue weighted by molar-refractivity contribution is 5.78. The lowest BCUT2D eigenvalue weighted by Crippen LogP contribution is -2.22. The molecule has 5 nitrogen and oxygen atoms in total. The summed E-state index contributed by atoms with van der Waals surface area (Å²) in [5.41, 5.74) is 13.8. The Kier molecular flexibility index (Phi) is 3.43. The molecule has 0 saturated heterocycles. The predicted octanol–water partition coefficient (Wildman–Crippen LogP) is 1.70. The smallest absolute Gasteiger partial charge is 0.192 e. The molecule has 0 aliphatic heterocycles. The SMILES string of the molecule is CNc1ccc(-c2ccc(N=C(N)N)nc2)cc1. The van der Waals surface area contributed by atoms with Gasteiger partial charge in [-0.05, 0) is 29.8 Å². The number of guanidine groups is 1. The molecule has 0 atom stereocenters. The molecule has 0 unspecified atom stereocenters. The summed E-state index contributed by atoms with van der Waals surface area (Å²) >= 11 is 0. The van der Waals surface area contributed by atoms with Crippen LogP contribution in [0, 0.1) is 0 Å². The molecule has 2 rings (SSSR count). The molecule has 0 amide bonds. The van der Waals surface area contributed by atoms with Crippen LogP contribution in [0.5, 0.6) is 0 Å². The van der Waals surface area contributed by atoms with Crippen LogP contribution in [0.25, 0.3) is 11.1 Å². The fourth-order valence-electron chi connectivity index (χ4n) is 1.58. The van der Waals surface area contributed by atoms with Crippen LogP contribution in [0.2, 0.25) is 0 Å². The van der Waals surface area contributed by atoms with Gasteiger partial charge in [0.2, 0.25) is 0 Å². The van der Waals surface area contributed by atoms with Gasteiger partial charge >= 0.3 is 0 Å². The zero-order chi connectivity index (χ0) is 13.0. The Morgan fingerprint density at radius 1 is 1.06 bits per heavy atom. The average molecular weight is 241 g/mol. The highest BCUT2D eigenvalue weighted by Gasteiger charge is 1.99. The summed E-state index contributed by atoms with van der Waals surface area (Å²) in [7, 11) is 1.89. The molecule has 1 aromatic heterocycles. The number of hydrogen-bond acceptors (Lipinski definition) is 3. The standard InChI is InChI=1S/C13H15N5/c1-16-11-5-2-9(3-6-11)10-4-7-12(17-8-10)18-13(14)15/h2-8,16H,1H3,(H4,14,15,17,18). The Labute approximate surface area is 106 Å². The Balaban J connectivity index is 2.25. The molecule has 0 fully saturated rings. The van der Waals surface area contributed by atoms with Gasteiger partial charge in [-0.3, -0.25) is 0 Å². The third kappa shape index (κ3) is 2.76. The van der Waals surface area contributed by atoms with Crippen LogP contribution in [0.3, 0.4) is 0 Å². The topological polar surface area (TPSA) is 89.3 Å². The second kappa shape index (κ2) is 5.18. The Hall–Kier alpha value is -2.56. The first-order valence-corrected chi connectivity index (χ1v) is 5.53. The quantitative estimate of drug-likeness (QED) is 0.563. The van der Waals surface area contributed by atoms with Gasteiger partial charge in [0.1, 0.15) is 0 Å². The zero-order valence-corrected chi connectivity index (χ0v) is 10.1. The number of nitrogens with two attached hydrogens (primary N) is 2. The third-order valence-electron chi connectivity index (χ3n) is 2.50. The Morgan fingerprint density at radius 2 is 1.72 bits per heavy atom. The van der Waals surface area contributed by atoms with Crippen LogP contribution >= 0.6 is 0 Å². The molecular weight excluding hydrogens is 226 g/mol. The van der Waals surface area contributed by atoms with E-state index in [1.54, 1.807) is 12.3 Å². The fraction of sp³-hybridized carbons (Fsp3) is 0.0769. The number of pyridine rings is 1. The average Bonchev–Trinajstić information content (AvgIpc) is 2.39. The van der Waals surface area contributed by atoms with Crippen LogP contribution in [0.4, 0.5) is 11.5 Å². The monoisotopic (exact) mass is 241 g/mol. The van der Waals surface area contributed by atoms with E-state index in [4.69, 9.17) is 11.5 Å². The van der Waals surface area contributed by atoms with Crippen molar-refractivity contribution in [2.45, 2.75) is 0 Å². The second-order valence-corrected chi connectivity index (χ2v) is 3.77. The predicted molar refractivity (Wildman–Crippen MR) is 74.7 cm³/mol. The molecule has 0 aliphatic carbocycles. The summed E-state index contributed by atoms with van der Waals surface area (Å²) in [6.07, 6.45) is 1.75. The van der Waals surface area contributed by atoms with E-state index in [-0.39, 0.29) is 5.96 Å². The Bertz CT molecular complexity index is 539. The van der Waals surface area contributed by atoms with Gasteiger partial charge in [0.05, 0.1) is 0 Å². The molecule has 0 saturated carbocycles. The van der Waals surface area contributed by atoms with Crippen LogP contribution in [-0.4, -0.2) is 18.0 Å². The van der Waals surface area contributed by atoms with Gasteiger partial charge < -0.3 is 16.8 Å². The highest BCUT2D eigenvalue weighted by Crippen LogP contribution is 2.22.